The molecule has 1 aromatic heterocycles. The molecule has 31 heavy (non-hydrogen) atoms. The minimum Gasteiger partial charge on any atom is -0.376 e. The second kappa shape index (κ2) is 8.30. The molecule has 0 spiro atoms. The summed E-state index contributed by atoms with van der Waals surface area (Å²) in [5.41, 5.74) is 0.736. The monoisotopic (exact) mass is 423 g/mol. The van der Waals surface area contributed by atoms with E-state index in [1.54, 1.807) is 4.90 Å². The van der Waals surface area contributed by atoms with Gasteiger partial charge in [-0.1, -0.05) is 43.9 Å². The Kier molecular flexibility index (Phi) is 5.51. The maximum absolute atomic E-state index is 13.7. The van der Waals surface area contributed by atoms with Gasteiger partial charge in [-0.3, -0.25) is 9.59 Å². The summed E-state index contributed by atoms with van der Waals surface area (Å²) in [6.45, 7) is 3.60. The molecule has 1 aliphatic carbocycles. The van der Waals surface area contributed by atoms with Gasteiger partial charge in [0.25, 0.3) is 5.91 Å². The zero-order valence-electron chi connectivity index (χ0n) is 18.4. The van der Waals surface area contributed by atoms with Crippen LogP contribution in [0, 0.1) is 0 Å². The Morgan fingerprint density at radius 1 is 1.13 bits per heavy atom. The summed E-state index contributed by atoms with van der Waals surface area (Å²) in [4.78, 5) is 29.2. The fourth-order valence-electron chi connectivity index (χ4n) is 5.55. The molecule has 1 aromatic carbocycles. The van der Waals surface area contributed by atoms with Gasteiger partial charge in [-0.15, -0.1) is 0 Å². The van der Waals surface area contributed by atoms with Crippen LogP contribution in [0.1, 0.15) is 68.8 Å². The summed E-state index contributed by atoms with van der Waals surface area (Å²) in [7, 11) is 0. The van der Waals surface area contributed by atoms with Crippen molar-refractivity contribution in [3.05, 3.63) is 36.0 Å². The molecular weight excluding hydrogens is 390 g/mol. The van der Waals surface area contributed by atoms with Crippen LogP contribution >= 0.6 is 0 Å². The van der Waals surface area contributed by atoms with Crippen molar-refractivity contribution in [2.45, 2.75) is 82.5 Å². The number of aromatic nitrogens is 1. The molecule has 1 saturated heterocycles. The minimum atomic E-state index is -0.940. The third kappa shape index (κ3) is 3.75. The predicted molar refractivity (Wildman–Crippen MR) is 120 cm³/mol. The Balaban J connectivity index is 1.49. The Morgan fingerprint density at radius 3 is 2.65 bits per heavy atom. The van der Waals surface area contributed by atoms with Gasteiger partial charge in [0, 0.05) is 30.1 Å². The molecule has 3 aliphatic rings. The van der Waals surface area contributed by atoms with Gasteiger partial charge < -0.3 is 19.5 Å². The number of nitrogens with zero attached hydrogens (tertiary/aromatic N) is 2. The van der Waals surface area contributed by atoms with Gasteiger partial charge in [0.15, 0.2) is 0 Å². The van der Waals surface area contributed by atoms with E-state index in [9.17, 15) is 9.59 Å². The lowest BCUT2D eigenvalue weighted by molar-refractivity contribution is -0.134. The Bertz CT molecular complexity index is 970. The van der Waals surface area contributed by atoms with Crippen molar-refractivity contribution >= 4 is 22.7 Å². The van der Waals surface area contributed by atoms with E-state index < -0.39 is 5.54 Å². The Labute approximate surface area is 183 Å². The summed E-state index contributed by atoms with van der Waals surface area (Å²) < 4.78 is 7.90. The SMILES string of the molecule is C[C@]1(C(=O)NC2CCCCCC2)Cn2c(cc3ccccc32)C(=O)N1C[C@H]1CCCO1. The molecule has 3 heterocycles. The number of para-hydroxylation sites is 1. The van der Waals surface area contributed by atoms with E-state index in [0.717, 1.165) is 56.0 Å². The van der Waals surface area contributed by atoms with Crippen LogP contribution in [0.5, 0.6) is 0 Å². The molecule has 0 unspecified atom stereocenters. The molecule has 2 aromatic rings. The van der Waals surface area contributed by atoms with E-state index in [0.29, 0.717) is 18.8 Å². The van der Waals surface area contributed by atoms with Crippen molar-refractivity contribution in [1.29, 1.82) is 0 Å². The molecule has 1 saturated carbocycles. The summed E-state index contributed by atoms with van der Waals surface area (Å²) in [6.07, 6.45) is 8.81. The molecule has 1 N–H and O–H groups in total. The van der Waals surface area contributed by atoms with Crippen molar-refractivity contribution in [1.82, 2.24) is 14.8 Å². The number of rotatable bonds is 4. The fourth-order valence-corrected chi connectivity index (χ4v) is 5.55. The molecule has 166 valence electrons. The van der Waals surface area contributed by atoms with E-state index in [1.807, 2.05) is 41.8 Å². The van der Waals surface area contributed by atoms with Gasteiger partial charge in [-0.05, 0) is 44.7 Å². The van der Waals surface area contributed by atoms with Crippen molar-refractivity contribution in [2.24, 2.45) is 0 Å². The number of hydrogen-bond acceptors (Lipinski definition) is 3. The molecule has 2 fully saturated rings. The molecule has 2 amide bonds. The lowest BCUT2D eigenvalue weighted by Crippen LogP contribution is -2.66. The van der Waals surface area contributed by atoms with Gasteiger partial charge in [0.1, 0.15) is 11.2 Å². The van der Waals surface area contributed by atoms with Gasteiger partial charge >= 0.3 is 0 Å². The first-order valence-electron chi connectivity index (χ1n) is 11.9. The van der Waals surface area contributed by atoms with Gasteiger partial charge in [-0.2, -0.15) is 0 Å². The summed E-state index contributed by atoms with van der Waals surface area (Å²) >= 11 is 0. The summed E-state index contributed by atoms with van der Waals surface area (Å²) in [6, 6.07) is 10.2. The van der Waals surface area contributed by atoms with E-state index in [-0.39, 0.29) is 24.0 Å². The van der Waals surface area contributed by atoms with Gasteiger partial charge in [0.2, 0.25) is 5.91 Å². The fraction of sp³-hybridized carbons (Fsp3) is 0.600. The number of ether oxygens (including phenoxy) is 1. The largest absolute Gasteiger partial charge is 0.376 e. The number of nitrogens with one attached hydrogen (secondary N) is 1. The lowest BCUT2D eigenvalue weighted by atomic mass is 9.93. The molecule has 0 radical (unpaired) electrons. The van der Waals surface area contributed by atoms with E-state index in [4.69, 9.17) is 4.74 Å². The molecular formula is C25H33N3O3. The van der Waals surface area contributed by atoms with E-state index in [2.05, 4.69) is 5.32 Å². The van der Waals surface area contributed by atoms with Crippen LogP contribution in [0.2, 0.25) is 0 Å². The van der Waals surface area contributed by atoms with Gasteiger partial charge in [-0.25, -0.2) is 0 Å². The quantitative estimate of drug-likeness (QED) is 0.760. The number of hydrogen-bond donors (Lipinski definition) is 1. The third-order valence-corrected chi connectivity index (χ3v) is 7.43. The van der Waals surface area contributed by atoms with Crippen molar-refractivity contribution in [3.8, 4) is 0 Å². The average Bonchev–Trinajstić information content (AvgIpc) is 3.33. The Hall–Kier alpha value is -2.34. The topological polar surface area (TPSA) is 63.6 Å². The highest BCUT2D eigenvalue weighted by molar-refractivity contribution is 6.03. The molecule has 2 aliphatic heterocycles. The highest BCUT2D eigenvalue weighted by Gasteiger charge is 2.49. The molecule has 5 rings (SSSR count). The smallest absolute Gasteiger partial charge is 0.271 e. The molecule has 6 heteroatoms. The standard InChI is InChI=1S/C25H33N3O3/c1-25(24(30)26-19-10-4-2-3-5-11-19)17-27-21-13-7-6-9-18(21)15-22(27)23(29)28(25)16-20-12-8-14-31-20/h6-7,9,13,15,19-20H,2-5,8,10-12,14,16-17H2,1H3,(H,26,30)/t20-,25-/m1/s1. The summed E-state index contributed by atoms with van der Waals surface area (Å²) in [5.74, 6) is -0.106. The first-order chi connectivity index (χ1) is 15.1. The van der Waals surface area contributed by atoms with Crippen molar-refractivity contribution in [2.75, 3.05) is 13.2 Å². The Morgan fingerprint density at radius 2 is 1.90 bits per heavy atom. The van der Waals surface area contributed by atoms with Crippen LogP contribution in [0.3, 0.4) is 0 Å². The molecule has 2 atom stereocenters. The highest BCUT2D eigenvalue weighted by atomic mass is 16.5. The van der Waals surface area contributed by atoms with Crippen LogP contribution in [0.4, 0.5) is 0 Å². The first kappa shape index (κ1) is 20.6. The number of carbonyl (C=O) groups excluding carboxylic acids is 2. The zero-order valence-corrected chi connectivity index (χ0v) is 18.4. The maximum atomic E-state index is 13.7. The normalized spacial score (nSPS) is 27.3. The lowest BCUT2D eigenvalue weighted by Gasteiger charge is -2.45. The highest BCUT2D eigenvalue weighted by Crippen LogP contribution is 2.34. The second-order valence-corrected chi connectivity index (χ2v) is 9.66. The zero-order chi connectivity index (χ0) is 21.4. The van der Waals surface area contributed by atoms with E-state index >= 15 is 0 Å². The van der Waals surface area contributed by atoms with Crippen LogP contribution < -0.4 is 5.32 Å². The average molecular weight is 424 g/mol. The van der Waals surface area contributed by atoms with Crippen LogP contribution in [0.15, 0.2) is 30.3 Å². The second-order valence-electron chi connectivity index (χ2n) is 9.66. The third-order valence-electron chi connectivity index (χ3n) is 7.43. The van der Waals surface area contributed by atoms with E-state index in [1.165, 1.54) is 12.8 Å². The molecule has 6 nitrogen and oxygen atoms in total. The van der Waals surface area contributed by atoms with Crippen LogP contribution in [-0.2, 0) is 16.1 Å². The summed E-state index contributed by atoms with van der Waals surface area (Å²) in [5, 5.41) is 4.37. The number of benzene rings is 1. The first-order valence-corrected chi connectivity index (χ1v) is 11.9. The van der Waals surface area contributed by atoms with Crippen LogP contribution in [0.25, 0.3) is 10.9 Å². The number of carbonyl (C=O) groups is 2. The van der Waals surface area contributed by atoms with Crippen LogP contribution in [-0.4, -0.2) is 52.1 Å². The number of amides is 2. The van der Waals surface area contributed by atoms with Crippen molar-refractivity contribution < 1.29 is 14.3 Å². The minimum absolute atomic E-state index is 0.00452. The predicted octanol–water partition coefficient (Wildman–Crippen LogP) is 3.87. The van der Waals surface area contributed by atoms with Crippen molar-refractivity contribution in [3.63, 3.8) is 0 Å². The maximum Gasteiger partial charge on any atom is 0.271 e. The number of fused-ring (bicyclic) bond motifs is 3. The molecule has 0 bridgehead atoms. The van der Waals surface area contributed by atoms with Gasteiger partial charge in [0.05, 0.1) is 12.6 Å².